The molecule has 0 aliphatic rings. The molecular formula is C17H19FN2O4S. The second-order valence-electron chi connectivity index (χ2n) is 5.47. The molecule has 0 unspecified atom stereocenters. The first-order valence-electron chi connectivity index (χ1n) is 7.47. The summed E-state index contributed by atoms with van der Waals surface area (Å²) in [5.41, 5.74) is 0.705. The average Bonchev–Trinajstić information content (AvgIpc) is 2.56. The highest BCUT2D eigenvalue weighted by atomic mass is 32.2. The van der Waals surface area contributed by atoms with Crippen LogP contribution in [0.25, 0.3) is 0 Å². The van der Waals surface area contributed by atoms with E-state index in [1.807, 2.05) is 0 Å². The summed E-state index contributed by atoms with van der Waals surface area (Å²) in [5, 5.41) is 2.35. The minimum atomic E-state index is -4.00. The Balaban J connectivity index is 2.19. The van der Waals surface area contributed by atoms with Crippen molar-refractivity contribution in [1.29, 1.82) is 0 Å². The molecule has 0 aliphatic carbocycles. The van der Waals surface area contributed by atoms with Crippen molar-refractivity contribution >= 4 is 21.6 Å². The van der Waals surface area contributed by atoms with Gasteiger partial charge in [0.1, 0.15) is 16.5 Å². The molecule has 134 valence electrons. The number of carbonyl (C=O) groups is 1. The van der Waals surface area contributed by atoms with Gasteiger partial charge < -0.3 is 10.1 Å². The van der Waals surface area contributed by atoms with E-state index in [-0.39, 0.29) is 16.3 Å². The standard InChI is InChI=1S/C17H19FN2O4S/c1-11-8-9-15(24-3)16(10-11)25(22,23)20-12(2)17(21)19-14-7-5-4-6-13(14)18/h4-10,12,20H,1-3H3,(H,19,21)/t12-/m1/s1. The van der Waals surface area contributed by atoms with Gasteiger partial charge in [0.25, 0.3) is 0 Å². The number of amides is 1. The number of hydrogen-bond acceptors (Lipinski definition) is 4. The van der Waals surface area contributed by atoms with Crippen molar-refractivity contribution < 1.29 is 22.3 Å². The van der Waals surface area contributed by atoms with Crippen molar-refractivity contribution in [2.75, 3.05) is 12.4 Å². The van der Waals surface area contributed by atoms with Crippen molar-refractivity contribution in [2.24, 2.45) is 0 Å². The molecule has 2 aromatic carbocycles. The Bertz CT molecular complexity index is 884. The Morgan fingerprint density at radius 3 is 2.52 bits per heavy atom. The third-order valence-corrected chi connectivity index (χ3v) is 5.03. The summed E-state index contributed by atoms with van der Waals surface area (Å²) in [5.74, 6) is -1.12. The van der Waals surface area contributed by atoms with E-state index in [0.717, 1.165) is 5.56 Å². The fourth-order valence-electron chi connectivity index (χ4n) is 2.15. The average molecular weight is 366 g/mol. The number of sulfonamides is 1. The molecule has 8 heteroatoms. The molecule has 6 nitrogen and oxygen atoms in total. The van der Waals surface area contributed by atoms with Gasteiger partial charge in [0.2, 0.25) is 15.9 Å². The highest BCUT2D eigenvalue weighted by Crippen LogP contribution is 2.24. The third-order valence-electron chi connectivity index (χ3n) is 3.47. The molecule has 1 amide bonds. The Hall–Kier alpha value is -2.45. The summed E-state index contributed by atoms with van der Waals surface area (Å²) in [7, 11) is -2.64. The van der Waals surface area contributed by atoms with Gasteiger partial charge in [-0.1, -0.05) is 18.2 Å². The van der Waals surface area contributed by atoms with Crippen molar-refractivity contribution in [1.82, 2.24) is 4.72 Å². The second-order valence-corrected chi connectivity index (χ2v) is 7.15. The van der Waals surface area contributed by atoms with Gasteiger partial charge >= 0.3 is 0 Å². The van der Waals surface area contributed by atoms with Crippen LogP contribution in [0.5, 0.6) is 5.75 Å². The van der Waals surface area contributed by atoms with Crippen LogP contribution in [0.4, 0.5) is 10.1 Å². The molecule has 0 aromatic heterocycles. The maximum Gasteiger partial charge on any atom is 0.244 e. The van der Waals surface area contributed by atoms with E-state index < -0.39 is 27.8 Å². The molecule has 2 N–H and O–H groups in total. The predicted octanol–water partition coefficient (Wildman–Crippen LogP) is 2.45. The van der Waals surface area contributed by atoms with E-state index in [4.69, 9.17) is 4.74 Å². The first kappa shape index (κ1) is 18.9. The normalized spacial score (nSPS) is 12.5. The van der Waals surface area contributed by atoms with Gasteiger partial charge in [-0.25, -0.2) is 12.8 Å². The molecule has 1 atom stereocenters. The molecule has 25 heavy (non-hydrogen) atoms. The van der Waals surface area contributed by atoms with E-state index in [9.17, 15) is 17.6 Å². The number of carbonyl (C=O) groups excluding carboxylic acids is 1. The molecule has 0 radical (unpaired) electrons. The summed E-state index contributed by atoms with van der Waals surface area (Å²) in [6.07, 6.45) is 0. The smallest absolute Gasteiger partial charge is 0.244 e. The Morgan fingerprint density at radius 2 is 1.88 bits per heavy atom. The zero-order valence-electron chi connectivity index (χ0n) is 14.0. The number of nitrogens with one attached hydrogen (secondary N) is 2. The Morgan fingerprint density at radius 1 is 1.20 bits per heavy atom. The number of para-hydroxylation sites is 1. The molecular weight excluding hydrogens is 347 g/mol. The summed E-state index contributed by atoms with van der Waals surface area (Å²) in [6, 6.07) is 9.21. The van der Waals surface area contributed by atoms with Gasteiger partial charge in [0.15, 0.2) is 0 Å². The molecule has 0 heterocycles. The van der Waals surface area contributed by atoms with E-state index in [1.54, 1.807) is 19.1 Å². The highest BCUT2D eigenvalue weighted by molar-refractivity contribution is 7.89. The van der Waals surface area contributed by atoms with Crippen LogP contribution in [-0.2, 0) is 14.8 Å². The molecule has 0 fully saturated rings. The first-order valence-corrected chi connectivity index (χ1v) is 8.95. The highest BCUT2D eigenvalue weighted by Gasteiger charge is 2.25. The van der Waals surface area contributed by atoms with E-state index in [0.29, 0.717) is 0 Å². The lowest BCUT2D eigenvalue weighted by Crippen LogP contribution is -2.41. The van der Waals surface area contributed by atoms with Crippen LogP contribution in [0.1, 0.15) is 12.5 Å². The van der Waals surface area contributed by atoms with Gasteiger partial charge in [0, 0.05) is 0 Å². The topological polar surface area (TPSA) is 84.5 Å². The zero-order valence-corrected chi connectivity index (χ0v) is 14.9. The SMILES string of the molecule is COc1ccc(C)cc1S(=O)(=O)N[C@H](C)C(=O)Nc1ccccc1F. The van der Waals surface area contributed by atoms with Crippen molar-refractivity contribution in [3.05, 3.63) is 53.8 Å². The molecule has 2 aromatic rings. The number of benzene rings is 2. The van der Waals surface area contributed by atoms with Crippen molar-refractivity contribution in [3.63, 3.8) is 0 Å². The number of hydrogen-bond donors (Lipinski definition) is 2. The first-order chi connectivity index (χ1) is 11.7. The van der Waals surface area contributed by atoms with Crippen LogP contribution >= 0.6 is 0 Å². The lowest BCUT2D eigenvalue weighted by atomic mass is 10.2. The number of rotatable bonds is 6. The largest absolute Gasteiger partial charge is 0.495 e. The Kier molecular flexibility index (Phi) is 5.76. The van der Waals surface area contributed by atoms with Crippen molar-refractivity contribution in [2.45, 2.75) is 24.8 Å². The van der Waals surface area contributed by atoms with Gasteiger partial charge in [-0.05, 0) is 43.7 Å². The Labute approximate surface area is 146 Å². The number of anilines is 1. The lowest BCUT2D eigenvalue weighted by Gasteiger charge is -2.16. The minimum absolute atomic E-state index is 0.0216. The number of aryl methyl sites for hydroxylation is 1. The lowest BCUT2D eigenvalue weighted by molar-refractivity contribution is -0.117. The van der Waals surface area contributed by atoms with Gasteiger partial charge in [0.05, 0.1) is 18.8 Å². The molecule has 0 aliphatic heterocycles. The molecule has 0 saturated heterocycles. The van der Waals surface area contributed by atoms with Crippen LogP contribution in [0, 0.1) is 12.7 Å². The fraction of sp³-hybridized carbons (Fsp3) is 0.235. The second kappa shape index (κ2) is 7.62. The van der Waals surface area contributed by atoms with Gasteiger partial charge in [-0.15, -0.1) is 0 Å². The van der Waals surface area contributed by atoms with Crippen molar-refractivity contribution in [3.8, 4) is 5.75 Å². The third kappa shape index (κ3) is 4.55. The monoisotopic (exact) mass is 366 g/mol. The van der Waals surface area contributed by atoms with E-state index >= 15 is 0 Å². The van der Waals surface area contributed by atoms with Crippen LogP contribution in [-0.4, -0.2) is 27.5 Å². The summed E-state index contributed by atoms with van der Waals surface area (Å²) in [4.78, 5) is 12.1. The summed E-state index contributed by atoms with van der Waals surface area (Å²) in [6.45, 7) is 3.11. The van der Waals surface area contributed by atoms with E-state index in [1.165, 1.54) is 44.4 Å². The fourth-order valence-corrected chi connectivity index (χ4v) is 3.60. The minimum Gasteiger partial charge on any atom is -0.495 e. The quantitative estimate of drug-likeness (QED) is 0.822. The number of methoxy groups -OCH3 is 1. The van der Waals surface area contributed by atoms with Crippen LogP contribution in [0.2, 0.25) is 0 Å². The maximum atomic E-state index is 13.6. The van der Waals surface area contributed by atoms with Crippen LogP contribution in [0.15, 0.2) is 47.4 Å². The molecule has 0 bridgehead atoms. The predicted molar refractivity (Wildman–Crippen MR) is 92.5 cm³/mol. The zero-order chi connectivity index (χ0) is 18.6. The van der Waals surface area contributed by atoms with Gasteiger partial charge in [-0.3, -0.25) is 4.79 Å². The molecule has 0 saturated carbocycles. The van der Waals surface area contributed by atoms with E-state index in [2.05, 4.69) is 10.0 Å². The van der Waals surface area contributed by atoms with Crippen LogP contribution in [0.3, 0.4) is 0 Å². The van der Waals surface area contributed by atoms with Gasteiger partial charge in [-0.2, -0.15) is 4.72 Å². The van der Waals surface area contributed by atoms with Crippen LogP contribution < -0.4 is 14.8 Å². The molecule has 0 spiro atoms. The summed E-state index contributed by atoms with van der Waals surface area (Å²) >= 11 is 0. The number of ether oxygens (including phenoxy) is 1. The number of halogens is 1. The maximum absolute atomic E-state index is 13.6. The summed E-state index contributed by atoms with van der Waals surface area (Å²) < 4.78 is 46.0. The molecule has 2 rings (SSSR count).